The number of aliphatic hydroxyl groups excluding tert-OH is 2. The molecular weight excluding hydrogens is 430 g/mol. The van der Waals surface area contributed by atoms with Gasteiger partial charge in [0.05, 0.1) is 5.60 Å². The first-order valence-electron chi connectivity index (χ1n) is 8.56. The summed E-state index contributed by atoms with van der Waals surface area (Å²) in [6, 6.07) is 0.475. The van der Waals surface area contributed by atoms with Crippen LogP contribution in [-0.2, 0) is 46.7 Å². The van der Waals surface area contributed by atoms with E-state index in [1.165, 1.54) is 20.3 Å². The van der Waals surface area contributed by atoms with Crippen molar-refractivity contribution in [2.75, 3.05) is 20.8 Å². The molecule has 1 aliphatic rings. The maximum atomic E-state index is 9.59. The Morgan fingerprint density at radius 2 is 1.29 bits per heavy atom. The Balaban J connectivity index is -0.0000000679. The van der Waals surface area contributed by atoms with Crippen LogP contribution >= 0.6 is 0 Å². The Labute approximate surface area is 201 Å². The van der Waals surface area contributed by atoms with Gasteiger partial charge in [0.2, 0.25) is 0 Å². The van der Waals surface area contributed by atoms with Crippen LogP contribution in [0.3, 0.4) is 0 Å². The van der Waals surface area contributed by atoms with Gasteiger partial charge >= 0.3 is 24.1 Å². The van der Waals surface area contributed by atoms with Crippen molar-refractivity contribution in [3.05, 3.63) is 26.5 Å². The summed E-state index contributed by atoms with van der Waals surface area (Å²) < 4.78 is 10.0. The van der Waals surface area contributed by atoms with E-state index in [9.17, 15) is 5.11 Å². The van der Waals surface area contributed by atoms with Gasteiger partial charge in [-0.25, -0.2) is 0 Å². The fourth-order valence-electron chi connectivity index (χ4n) is 1.26. The summed E-state index contributed by atoms with van der Waals surface area (Å²) in [6.07, 6.45) is 3.67. The van der Waals surface area contributed by atoms with Gasteiger partial charge in [0.1, 0.15) is 0 Å². The molecule has 0 bridgehead atoms. The molecule has 0 unspecified atom stereocenters. The zero-order valence-electron chi connectivity index (χ0n) is 19.8. The molecule has 0 atom stereocenters. The first-order chi connectivity index (χ1) is 11.8. The Morgan fingerprint density at radius 1 is 1.00 bits per heavy atom. The number of methoxy groups -OCH3 is 1. The second kappa shape index (κ2) is 27.4. The van der Waals surface area contributed by atoms with Crippen molar-refractivity contribution in [1.29, 1.82) is 3.83 Å². The summed E-state index contributed by atoms with van der Waals surface area (Å²) in [5.74, 6) is 0. The number of ether oxygens (including phenoxy) is 1. The molecule has 0 aromatic rings. The Morgan fingerprint density at radius 3 is 1.46 bits per heavy atom. The SMILES string of the molecule is CC(C)N1C=CN(CC(C)(C)O)[CH-]1.CC(C)O.CC(C)O.COC.[CH3-].[NH]=[Ti].[Ti]. The second-order valence-corrected chi connectivity index (χ2v) is 7.04. The van der Waals surface area contributed by atoms with Gasteiger partial charge in [0, 0.05) is 54.7 Å². The number of nitrogens with zero attached hydrogens (tertiary/aromatic N) is 2. The van der Waals surface area contributed by atoms with Gasteiger partial charge in [-0.3, -0.25) is 0 Å². The zero-order valence-corrected chi connectivity index (χ0v) is 22.9. The molecule has 0 spiro atoms. The van der Waals surface area contributed by atoms with Gasteiger partial charge in [0.25, 0.3) is 0 Å². The average Bonchev–Trinajstić information content (AvgIpc) is 2.87. The van der Waals surface area contributed by atoms with Crippen LogP contribution in [0.4, 0.5) is 0 Å². The molecule has 0 aromatic heterocycles. The molecule has 1 heterocycles. The van der Waals surface area contributed by atoms with Crippen LogP contribution in [0.25, 0.3) is 0 Å². The van der Waals surface area contributed by atoms with E-state index in [-0.39, 0.29) is 41.4 Å². The molecule has 4 N–H and O–H groups in total. The van der Waals surface area contributed by atoms with Gasteiger partial charge in [-0.1, -0.05) is 0 Å². The summed E-state index contributed by atoms with van der Waals surface area (Å²) in [5.41, 5.74) is -0.645. The van der Waals surface area contributed by atoms with E-state index in [0.717, 1.165) is 0 Å². The van der Waals surface area contributed by atoms with Crippen LogP contribution in [0.5, 0.6) is 0 Å². The minimum Gasteiger partial charge on any atom is 0 e. The van der Waals surface area contributed by atoms with Crippen molar-refractivity contribution in [1.82, 2.24) is 9.80 Å². The summed E-state index contributed by atoms with van der Waals surface area (Å²) in [4.78, 5) is 4.12. The average molecular weight is 475 g/mol. The summed E-state index contributed by atoms with van der Waals surface area (Å²) in [6.45, 7) is 17.4. The normalized spacial score (nSPS) is 11.5. The van der Waals surface area contributed by atoms with Crippen molar-refractivity contribution >= 4 is 0 Å². The molecule has 0 radical (unpaired) electrons. The molecule has 170 valence electrons. The van der Waals surface area contributed by atoms with Gasteiger partial charge < -0.3 is 37.3 Å². The third-order valence-electron chi connectivity index (χ3n) is 1.88. The molecule has 0 saturated heterocycles. The molecule has 0 aliphatic carbocycles. The monoisotopic (exact) mass is 475 g/mol. The van der Waals surface area contributed by atoms with Gasteiger partial charge in [0.15, 0.2) is 0 Å². The molecule has 0 fully saturated rings. The number of nitrogens with one attached hydrogen (secondary N) is 1. The Kier molecular flexibility index (Phi) is 41.6. The number of hydrogen-bond donors (Lipinski definition) is 4. The number of hydrogen-bond acceptors (Lipinski definition) is 7. The van der Waals surface area contributed by atoms with E-state index in [4.69, 9.17) is 14.0 Å². The van der Waals surface area contributed by atoms with Gasteiger partial charge in [-0.05, 0) is 73.8 Å². The molecule has 1 rings (SSSR count). The maximum absolute atomic E-state index is 9.59. The minimum absolute atomic E-state index is 0. The molecule has 0 saturated carbocycles. The largest absolute Gasteiger partial charge is 0 e. The first kappa shape index (κ1) is 42.5. The first-order valence-corrected chi connectivity index (χ1v) is 9.35. The Hall–Kier alpha value is 0.409. The predicted octanol–water partition coefficient (Wildman–Crippen LogP) is 3.15. The molecule has 7 nitrogen and oxygen atoms in total. The standard InChI is InChI=1S/C10H19N2O.2C3H8O.C2H6O.CH3.HN.2Ti/c1-9(2)12-6-5-11(8-12)7-10(3,4)13;2*1-3(2)4;1-3-2;;;;/h5-6,8-9,13H,7H2,1-4H3;2*3-4H,1-2H3;1-2H3;1H3;1H;;/q-1;;;;-1;;;. The fourth-order valence-corrected chi connectivity index (χ4v) is 1.26. The number of rotatable bonds is 3. The third-order valence-corrected chi connectivity index (χ3v) is 1.88. The predicted molar refractivity (Wildman–Crippen MR) is 110 cm³/mol. The topological polar surface area (TPSA) is 100 Å². The second-order valence-electron chi connectivity index (χ2n) is 7.04. The molecule has 0 amide bonds. The molecule has 0 aromatic carbocycles. The van der Waals surface area contributed by atoms with Crippen molar-refractivity contribution in [2.24, 2.45) is 0 Å². The fraction of sp³-hybridized carbons (Fsp3) is 0.789. The minimum atomic E-state index is -0.645. The van der Waals surface area contributed by atoms with Crippen LogP contribution in [-0.4, -0.2) is 69.7 Å². The quantitative estimate of drug-likeness (QED) is 0.370. The van der Waals surface area contributed by atoms with Crippen LogP contribution in [0.2, 0.25) is 0 Å². The van der Waals surface area contributed by atoms with E-state index in [1.807, 2.05) is 37.8 Å². The van der Waals surface area contributed by atoms with E-state index in [1.54, 1.807) is 41.9 Å². The van der Waals surface area contributed by atoms with Crippen LogP contribution < -0.4 is 0 Å². The van der Waals surface area contributed by atoms with Gasteiger partial charge in [-0.15, -0.1) is 0 Å². The van der Waals surface area contributed by atoms with Crippen LogP contribution in [0, 0.1) is 17.9 Å². The zero-order chi connectivity index (χ0) is 21.9. The van der Waals surface area contributed by atoms with Crippen molar-refractivity contribution in [2.45, 2.75) is 79.2 Å². The number of aliphatic hydroxyl groups is 3. The van der Waals surface area contributed by atoms with Crippen molar-refractivity contribution in [3.63, 3.8) is 0 Å². The number of β-amino-alcohol motifs (C(OH)–C–C–N with tert-alkyl or cyclic N) is 1. The molecule has 1 aliphatic heterocycles. The molecule has 28 heavy (non-hydrogen) atoms. The van der Waals surface area contributed by atoms with E-state index in [2.05, 4.69) is 23.5 Å². The van der Waals surface area contributed by atoms with Crippen molar-refractivity contribution in [3.8, 4) is 0 Å². The van der Waals surface area contributed by atoms with Crippen LogP contribution in [0.1, 0.15) is 55.4 Å². The summed E-state index contributed by atoms with van der Waals surface area (Å²) in [7, 11) is 3.25. The molecular formula is C19H45N3O4Ti2-2. The van der Waals surface area contributed by atoms with E-state index >= 15 is 0 Å². The smallest absolute Gasteiger partial charge is 0 e. The maximum Gasteiger partial charge on any atom is 0 e. The van der Waals surface area contributed by atoms with Crippen LogP contribution in [0.15, 0.2) is 12.4 Å². The summed E-state index contributed by atoms with van der Waals surface area (Å²) >= 11 is 1.25. The third kappa shape index (κ3) is 50.3. The van der Waals surface area contributed by atoms with Gasteiger partial charge in [-0.2, -0.15) is 6.67 Å². The summed E-state index contributed by atoms with van der Waals surface area (Å²) in [5, 5.41) is 25.7. The van der Waals surface area contributed by atoms with Crippen molar-refractivity contribution < 1.29 is 62.0 Å². The molecule has 9 heteroatoms. The van der Waals surface area contributed by atoms with E-state index in [0.29, 0.717) is 12.6 Å². The van der Waals surface area contributed by atoms with E-state index < -0.39 is 5.60 Å². The Bertz CT molecular complexity index is 303.